The zero-order valence-electron chi connectivity index (χ0n) is 19.7. The Balaban J connectivity index is 1.56. The fraction of sp³-hybridized carbons (Fsp3) is 0.250. The van der Waals surface area contributed by atoms with Gasteiger partial charge in [0.05, 0.1) is 0 Å². The Labute approximate surface area is 205 Å². The van der Waals surface area contributed by atoms with Gasteiger partial charge in [-0.25, -0.2) is 4.98 Å². The van der Waals surface area contributed by atoms with Gasteiger partial charge in [-0.3, -0.25) is 9.78 Å². The lowest BCUT2D eigenvalue weighted by Crippen LogP contribution is -2.37. The molecule has 2 aromatic heterocycles. The van der Waals surface area contributed by atoms with E-state index in [2.05, 4.69) is 38.8 Å². The van der Waals surface area contributed by atoms with Crippen LogP contribution >= 0.6 is 11.6 Å². The molecule has 34 heavy (non-hydrogen) atoms. The smallest absolute Gasteiger partial charge is 0.254 e. The van der Waals surface area contributed by atoms with Crippen LogP contribution in [-0.2, 0) is 19.5 Å². The molecule has 1 aliphatic heterocycles. The molecule has 0 bridgehead atoms. The zero-order chi connectivity index (χ0) is 23.8. The molecule has 0 atom stereocenters. The molecule has 0 saturated heterocycles. The normalized spacial score (nSPS) is 13.3. The first-order valence-electron chi connectivity index (χ1n) is 11.5. The fourth-order valence-corrected chi connectivity index (χ4v) is 4.87. The van der Waals surface area contributed by atoms with Gasteiger partial charge in [-0.2, -0.15) is 0 Å². The standard InChI is InChI=1S/C28H27ClN4O/c1-18-13-21(6-7-27(18)29)16-33-11-8-24-25(23-5-4-9-30-19(23)2)14-22(15-26(24)28(33)34)17-32-12-10-31-20(32)3/h4-7,9-10,12-15H,8,11,16-17H2,1-3H3. The van der Waals surface area contributed by atoms with E-state index < -0.39 is 0 Å². The third-order valence-electron chi connectivity index (χ3n) is 6.63. The number of aryl methyl sites for hydroxylation is 3. The third-order valence-corrected chi connectivity index (χ3v) is 7.05. The van der Waals surface area contributed by atoms with Gasteiger partial charge in [-0.05, 0) is 79.3 Å². The Morgan fingerprint density at radius 3 is 2.47 bits per heavy atom. The van der Waals surface area contributed by atoms with Gasteiger partial charge in [0, 0.05) is 60.1 Å². The maximum atomic E-state index is 13.7. The highest BCUT2D eigenvalue weighted by Gasteiger charge is 2.28. The summed E-state index contributed by atoms with van der Waals surface area (Å²) in [7, 11) is 0. The summed E-state index contributed by atoms with van der Waals surface area (Å²) in [6.45, 7) is 7.92. The van der Waals surface area contributed by atoms with Gasteiger partial charge in [0.2, 0.25) is 0 Å². The van der Waals surface area contributed by atoms with Crippen LogP contribution in [0.15, 0.2) is 61.1 Å². The summed E-state index contributed by atoms with van der Waals surface area (Å²) in [5, 5.41) is 0.745. The van der Waals surface area contributed by atoms with Gasteiger partial charge in [-0.15, -0.1) is 0 Å². The monoisotopic (exact) mass is 470 g/mol. The molecule has 0 fully saturated rings. The van der Waals surface area contributed by atoms with Gasteiger partial charge < -0.3 is 9.47 Å². The van der Waals surface area contributed by atoms with Crippen molar-refractivity contribution in [1.82, 2.24) is 19.4 Å². The third kappa shape index (κ3) is 4.24. The lowest BCUT2D eigenvalue weighted by Gasteiger charge is -2.31. The van der Waals surface area contributed by atoms with Gasteiger partial charge in [-0.1, -0.05) is 29.8 Å². The van der Waals surface area contributed by atoms with E-state index in [4.69, 9.17) is 11.6 Å². The first kappa shape index (κ1) is 22.4. The number of rotatable bonds is 5. The molecule has 0 saturated carbocycles. The van der Waals surface area contributed by atoms with Crippen LogP contribution in [0.3, 0.4) is 0 Å². The maximum absolute atomic E-state index is 13.7. The van der Waals surface area contributed by atoms with E-state index in [1.807, 2.05) is 56.3 Å². The van der Waals surface area contributed by atoms with E-state index in [0.29, 0.717) is 19.6 Å². The Kier molecular flexibility index (Phi) is 5.96. The molecular formula is C28H27ClN4O. The minimum absolute atomic E-state index is 0.0702. The van der Waals surface area contributed by atoms with Crippen LogP contribution in [0.1, 0.15) is 44.1 Å². The number of carbonyl (C=O) groups excluding carboxylic acids is 1. The summed E-state index contributed by atoms with van der Waals surface area (Å²) in [5.41, 5.74) is 8.23. The van der Waals surface area contributed by atoms with Crippen LogP contribution in [-0.4, -0.2) is 31.9 Å². The number of aromatic nitrogens is 3. The number of hydrogen-bond donors (Lipinski definition) is 0. The summed E-state index contributed by atoms with van der Waals surface area (Å²) in [6, 6.07) is 14.3. The molecular weight excluding hydrogens is 444 g/mol. The number of pyridine rings is 1. The van der Waals surface area contributed by atoms with E-state index in [1.165, 1.54) is 0 Å². The number of hydrogen-bond acceptors (Lipinski definition) is 3. The summed E-state index contributed by atoms with van der Waals surface area (Å²) in [4.78, 5) is 24.5. The number of fused-ring (bicyclic) bond motifs is 1. The fourth-order valence-electron chi connectivity index (χ4n) is 4.75. The lowest BCUT2D eigenvalue weighted by molar-refractivity contribution is 0.0727. The van der Waals surface area contributed by atoms with Crippen LogP contribution in [0.5, 0.6) is 0 Å². The van der Waals surface area contributed by atoms with Crippen molar-refractivity contribution >= 4 is 17.5 Å². The summed E-state index contributed by atoms with van der Waals surface area (Å²) < 4.78 is 2.10. The second-order valence-electron chi connectivity index (χ2n) is 8.97. The van der Waals surface area contributed by atoms with E-state index in [9.17, 15) is 4.79 Å². The highest BCUT2D eigenvalue weighted by atomic mass is 35.5. The number of imidazole rings is 1. The SMILES string of the molecule is Cc1cc(CN2CCc3c(cc(Cn4ccnc4C)cc3-c3cccnc3C)C2=O)ccc1Cl. The van der Waals surface area contributed by atoms with E-state index in [-0.39, 0.29) is 5.91 Å². The van der Waals surface area contributed by atoms with Crippen molar-refractivity contribution in [3.63, 3.8) is 0 Å². The number of benzene rings is 2. The van der Waals surface area contributed by atoms with Crippen molar-refractivity contribution in [3.05, 3.63) is 105 Å². The molecule has 6 heteroatoms. The summed E-state index contributed by atoms with van der Waals surface area (Å²) >= 11 is 6.20. The molecule has 0 unspecified atom stereocenters. The minimum atomic E-state index is 0.0702. The predicted molar refractivity (Wildman–Crippen MR) is 135 cm³/mol. The quantitative estimate of drug-likeness (QED) is 0.372. The van der Waals surface area contributed by atoms with Crippen molar-refractivity contribution in [3.8, 4) is 11.1 Å². The zero-order valence-corrected chi connectivity index (χ0v) is 20.4. The van der Waals surface area contributed by atoms with Crippen LogP contribution in [0.25, 0.3) is 11.1 Å². The number of carbonyl (C=O) groups is 1. The summed E-state index contributed by atoms with van der Waals surface area (Å²) in [5.74, 6) is 1.02. The minimum Gasteiger partial charge on any atom is -0.334 e. The average molecular weight is 471 g/mol. The van der Waals surface area contributed by atoms with Gasteiger partial charge in [0.15, 0.2) is 0 Å². The summed E-state index contributed by atoms with van der Waals surface area (Å²) in [6.07, 6.45) is 6.40. The molecule has 1 aliphatic rings. The van der Waals surface area contributed by atoms with Crippen LogP contribution in [0, 0.1) is 20.8 Å². The highest BCUT2D eigenvalue weighted by molar-refractivity contribution is 6.31. The first-order chi connectivity index (χ1) is 16.4. The second kappa shape index (κ2) is 9.07. The molecule has 0 radical (unpaired) electrons. The van der Waals surface area contributed by atoms with Crippen molar-refractivity contribution in [2.75, 3.05) is 6.54 Å². The van der Waals surface area contributed by atoms with Gasteiger partial charge >= 0.3 is 0 Å². The molecule has 172 valence electrons. The molecule has 1 amide bonds. The van der Waals surface area contributed by atoms with Crippen molar-refractivity contribution in [2.45, 2.75) is 40.3 Å². The van der Waals surface area contributed by atoms with Crippen LogP contribution in [0.4, 0.5) is 0 Å². The molecule has 5 nitrogen and oxygen atoms in total. The Morgan fingerprint density at radius 2 is 1.74 bits per heavy atom. The van der Waals surface area contributed by atoms with Crippen LogP contribution in [0.2, 0.25) is 5.02 Å². The van der Waals surface area contributed by atoms with Crippen molar-refractivity contribution in [2.24, 2.45) is 0 Å². The number of halogens is 1. The topological polar surface area (TPSA) is 51.0 Å². The number of amides is 1. The van der Waals surface area contributed by atoms with E-state index >= 15 is 0 Å². The lowest BCUT2D eigenvalue weighted by atomic mass is 9.87. The van der Waals surface area contributed by atoms with Crippen molar-refractivity contribution < 1.29 is 4.79 Å². The first-order valence-corrected chi connectivity index (χ1v) is 11.9. The molecule has 0 spiro atoms. The maximum Gasteiger partial charge on any atom is 0.254 e. The molecule has 5 rings (SSSR count). The Bertz CT molecular complexity index is 1390. The van der Waals surface area contributed by atoms with Gasteiger partial charge in [0.1, 0.15) is 5.82 Å². The largest absolute Gasteiger partial charge is 0.334 e. The Morgan fingerprint density at radius 1 is 0.912 bits per heavy atom. The molecule has 2 aromatic carbocycles. The predicted octanol–water partition coefficient (Wildman–Crippen LogP) is 5.77. The van der Waals surface area contributed by atoms with E-state index in [0.717, 1.165) is 61.9 Å². The molecule has 4 aromatic rings. The number of nitrogens with zero attached hydrogens (tertiary/aromatic N) is 4. The highest BCUT2D eigenvalue weighted by Crippen LogP contribution is 2.34. The van der Waals surface area contributed by atoms with Crippen LogP contribution < -0.4 is 0 Å². The Hall–Kier alpha value is -3.44. The van der Waals surface area contributed by atoms with Crippen molar-refractivity contribution in [1.29, 1.82) is 0 Å². The second-order valence-corrected chi connectivity index (χ2v) is 9.38. The van der Waals surface area contributed by atoms with E-state index in [1.54, 1.807) is 6.20 Å². The molecule has 0 N–H and O–H groups in total. The average Bonchev–Trinajstić information content (AvgIpc) is 3.22. The molecule has 0 aliphatic carbocycles. The van der Waals surface area contributed by atoms with Gasteiger partial charge in [0.25, 0.3) is 5.91 Å². The molecule has 3 heterocycles.